The van der Waals surface area contributed by atoms with E-state index >= 15 is 0 Å². The van der Waals surface area contributed by atoms with E-state index in [-0.39, 0.29) is 6.04 Å². The lowest BCUT2D eigenvalue weighted by atomic mass is 9.92. The molecule has 3 rings (SSSR count). The largest absolute Gasteiger partial charge is 0.344 e. The summed E-state index contributed by atoms with van der Waals surface area (Å²) in [7, 11) is 0. The zero-order chi connectivity index (χ0) is 11.8. The van der Waals surface area contributed by atoms with Gasteiger partial charge in [0, 0.05) is 24.0 Å². The first kappa shape index (κ1) is 10.6. The van der Waals surface area contributed by atoms with Crippen LogP contribution in [0, 0.1) is 0 Å². The number of H-pyrrole nitrogens is 1. The summed E-state index contributed by atoms with van der Waals surface area (Å²) in [5.74, 6) is 1.63. The third-order valence-electron chi connectivity index (χ3n) is 3.68. The highest BCUT2D eigenvalue weighted by Gasteiger charge is 2.23. The van der Waals surface area contributed by atoms with E-state index in [0.717, 1.165) is 12.2 Å². The van der Waals surface area contributed by atoms with Gasteiger partial charge in [0.2, 0.25) is 0 Å². The number of aromatic amines is 1. The molecule has 2 aromatic rings. The fourth-order valence-corrected chi connectivity index (χ4v) is 2.60. The van der Waals surface area contributed by atoms with Crippen LogP contribution in [0.15, 0.2) is 18.5 Å². The molecule has 0 saturated carbocycles. The molecule has 0 bridgehead atoms. The van der Waals surface area contributed by atoms with Gasteiger partial charge in [-0.05, 0) is 32.3 Å². The van der Waals surface area contributed by atoms with E-state index in [1.807, 2.05) is 23.1 Å². The highest BCUT2D eigenvalue weighted by molar-refractivity contribution is 5.22. The second-order valence-electron chi connectivity index (χ2n) is 4.94. The number of hydrogen-bond acceptors (Lipinski definition) is 2. The summed E-state index contributed by atoms with van der Waals surface area (Å²) in [6, 6.07) is 2.13. The average molecular weight is 230 g/mol. The summed E-state index contributed by atoms with van der Waals surface area (Å²) in [5.41, 5.74) is 2.60. The molecule has 2 aromatic heterocycles. The Kier molecular flexibility index (Phi) is 2.50. The lowest BCUT2D eigenvalue weighted by Crippen LogP contribution is -2.09. The zero-order valence-electron chi connectivity index (χ0n) is 10.3. The molecule has 2 unspecified atom stereocenters. The second kappa shape index (κ2) is 4.02. The Labute approximate surface area is 101 Å². The van der Waals surface area contributed by atoms with Crippen molar-refractivity contribution in [2.24, 2.45) is 0 Å². The first-order valence-electron chi connectivity index (χ1n) is 6.33. The molecule has 1 aliphatic rings. The van der Waals surface area contributed by atoms with Gasteiger partial charge >= 0.3 is 0 Å². The Bertz CT molecular complexity index is 497. The molecule has 4 nitrogen and oxygen atoms in total. The molecule has 0 aliphatic heterocycles. The van der Waals surface area contributed by atoms with Crippen LogP contribution < -0.4 is 0 Å². The van der Waals surface area contributed by atoms with Crippen LogP contribution in [0.5, 0.6) is 0 Å². The van der Waals surface area contributed by atoms with E-state index < -0.39 is 0 Å². The fourth-order valence-electron chi connectivity index (χ4n) is 2.60. The van der Waals surface area contributed by atoms with Gasteiger partial charge in [-0.25, -0.2) is 4.98 Å². The van der Waals surface area contributed by atoms with Gasteiger partial charge in [-0.3, -0.25) is 4.68 Å². The molecule has 4 heteroatoms. The number of imidazole rings is 1. The second-order valence-corrected chi connectivity index (χ2v) is 4.94. The van der Waals surface area contributed by atoms with Crippen molar-refractivity contribution in [1.29, 1.82) is 0 Å². The molecular weight excluding hydrogens is 212 g/mol. The predicted molar refractivity (Wildman–Crippen MR) is 66.0 cm³/mol. The molecule has 1 N–H and O–H groups in total. The van der Waals surface area contributed by atoms with Crippen molar-refractivity contribution < 1.29 is 0 Å². The summed E-state index contributed by atoms with van der Waals surface area (Å²) in [6.45, 7) is 4.39. The number of aryl methyl sites for hydroxylation is 1. The maximum atomic E-state index is 4.77. The standard InChI is InChI=1S/C13H18N4/c1-9-5-3-6-11-12(9)16-13(15-11)10(2)17-8-4-7-14-17/h4,7-10H,3,5-6H2,1-2H3,(H,15,16). The first-order chi connectivity index (χ1) is 8.25. The summed E-state index contributed by atoms with van der Waals surface area (Å²) in [6.07, 6.45) is 7.45. The highest BCUT2D eigenvalue weighted by Crippen LogP contribution is 2.30. The lowest BCUT2D eigenvalue weighted by Gasteiger charge is -2.15. The van der Waals surface area contributed by atoms with Gasteiger partial charge in [0.25, 0.3) is 0 Å². The third-order valence-corrected chi connectivity index (χ3v) is 3.68. The molecule has 17 heavy (non-hydrogen) atoms. The predicted octanol–water partition coefficient (Wildman–Crippen LogP) is 2.66. The van der Waals surface area contributed by atoms with E-state index in [1.54, 1.807) is 0 Å². The molecule has 0 fully saturated rings. The van der Waals surface area contributed by atoms with Gasteiger partial charge in [-0.15, -0.1) is 0 Å². The number of hydrogen-bond donors (Lipinski definition) is 1. The van der Waals surface area contributed by atoms with Crippen LogP contribution in [0.2, 0.25) is 0 Å². The first-order valence-corrected chi connectivity index (χ1v) is 6.33. The van der Waals surface area contributed by atoms with Crippen molar-refractivity contribution in [3.05, 3.63) is 35.7 Å². The van der Waals surface area contributed by atoms with E-state index in [2.05, 4.69) is 23.9 Å². The highest BCUT2D eigenvalue weighted by atomic mass is 15.3. The molecule has 0 spiro atoms. The van der Waals surface area contributed by atoms with Crippen molar-refractivity contribution in [3.8, 4) is 0 Å². The quantitative estimate of drug-likeness (QED) is 0.862. The van der Waals surface area contributed by atoms with Crippen LogP contribution in [0.1, 0.15) is 55.9 Å². The van der Waals surface area contributed by atoms with Crippen molar-refractivity contribution in [1.82, 2.24) is 19.7 Å². The van der Waals surface area contributed by atoms with E-state index in [1.165, 1.54) is 24.2 Å². The Morgan fingerprint density at radius 3 is 3.12 bits per heavy atom. The monoisotopic (exact) mass is 230 g/mol. The maximum absolute atomic E-state index is 4.77. The number of nitrogens with zero attached hydrogens (tertiary/aromatic N) is 3. The van der Waals surface area contributed by atoms with Gasteiger partial charge < -0.3 is 4.98 Å². The van der Waals surface area contributed by atoms with Crippen molar-refractivity contribution in [3.63, 3.8) is 0 Å². The van der Waals surface area contributed by atoms with Gasteiger partial charge in [0.05, 0.1) is 5.69 Å². The van der Waals surface area contributed by atoms with Gasteiger partial charge in [-0.1, -0.05) is 6.92 Å². The summed E-state index contributed by atoms with van der Waals surface area (Å²) in [5, 5.41) is 4.27. The number of nitrogens with one attached hydrogen (secondary N) is 1. The molecule has 2 atom stereocenters. The normalized spacial score (nSPS) is 21.2. The molecule has 0 radical (unpaired) electrons. The van der Waals surface area contributed by atoms with Crippen LogP contribution in [0.4, 0.5) is 0 Å². The molecular formula is C13H18N4. The fraction of sp³-hybridized carbons (Fsp3) is 0.538. The average Bonchev–Trinajstić information content (AvgIpc) is 2.98. The molecule has 1 aliphatic carbocycles. The molecule has 0 amide bonds. The Hall–Kier alpha value is -1.58. The number of aromatic nitrogens is 4. The van der Waals surface area contributed by atoms with Crippen LogP contribution in [0.25, 0.3) is 0 Å². The van der Waals surface area contributed by atoms with E-state index in [4.69, 9.17) is 4.98 Å². The van der Waals surface area contributed by atoms with Crippen LogP contribution in [-0.2, 0) is 6.42 Å². The summed E-state index contributed by atoms with van der Waals surface area (Å²) < 4.78 is 1.94. The Morgan fingerprint density at radius 2 is 2.41 bits per heavy atom. The minimum atomic E-state index is 0.183. The summed E-state index contributed by atoms with van der Waals surface area (Å²) >= 11 is 0. The zero-order valence-corrected chi connectivity index (χ0v) is 10.3. The van der Waals surface area contributed by atoms with E-state index in [9.17, 15) is 0 Å². The van der Waals surface area contributed by atoms with Crippen LogP contribution in [0.3, 0.4) is 0 Å². The SMILES string of the molecule is CC1CCCc2[nH]c(C(C)n3cccn3)nc21. The molecule has 90 valence electrons. The molecule has 2 heterocycles. The van der Waals surface area contributed by atoms with Gasteiger partial charge in [-0.2, -0.15) is 5.10 Å². The maximum Gasteiger partial charge on any atom is 0.131 e. The Morgan fingerprint density at radius 1 is 1.53 bits per heavy atom. The molecule has 0 aromatic carbocycles. The Balaban J connectivity index is 1.94. The van der Waals surface area contributed by atoms with Gasteiger partial charge in [0.1, 0.15) is 11.9 Å². The van der Waals surface area contributed by atoms with Crippen molar-refractivity contribution in [2.45, 2.75) is 45.1 Å². The minimum absolute atomic E-state index is 0.183. The summed E-state index contributed by atoms with van der Waals surface area (Å²) in [4.78, 5) is 8.25. The van der Waals surface area contributed by atoms with Crippen molar-refractivity contribution >= 4 is 0 Å². The topological polar surface area (TPSA) is 46.5 Å². The smallest absolute Gasteiger partial charge is 0.131 e. The number of rotatable bonds is 2. The van der Waals surface area contributed by atoms with Crippen molar-refractivity contribution in [2.75, 3.05) is 0 Å². The lowest BCUT2D eigenvalue weighted by molar-refractivity contribution is 0.538. The van der Waals surface area contributed by atoms with Crippen LogP contribution >= 0.6 is 0 Å². The van der Waals surface area contributed by atoms with E-state index in [0.29, 0.717) is 5.92 Å². The minimum Gasteiger partial charge on any atom is -0.344 e. The van der Waals surface area contributed by atoms with Crippen LogP contribution in [-0.4, -0.2) is 19.7 Å². The number of fused-ring (bicyclic) bond motifs is 1. The van der Waals surface area contributed by atoms with Gasteiger partial charge in [0.15, 0.2) is 0 Å². The molecule has 0 saturated heterocycles. The third kappa shape index (κ3) is 1.77.